The van der Waals surface area contributed by atoms with Crippen molar-refractivity contribution >= 4 is 17.7 Å². The Balaban J connectivity index is 1.72. The molecular formula is C16H23NO2S. The average Bonchev–Trinajstić information content (AvgIpc) is 2.90. The molecule has 1 saturated carbocycles. The molecule has 1 unspecified atom stereocenters. The maximum absolute atomic E-state index is 12.0. The number of nitrogens with one attached hydrogen (secondary N) is 1. The Hall–Kier alpha value is -1.00. The van der Waals surface area contributed by atoms with E-state index in [9.17, 15) is 9.90 Å². The summed E-state index contributed by atoms with van der Waals surface area (Å²) in [5, 5.41) is 13.1. The van der Waals surface area contributed by atoms with Crippen LogP contribution in [0, 0.1) is 5.92 Å². The Kier molecular flexibility index (Phi) is 5.49. The summed E-state index contributed by atoms with van der Waals surface area (Å²) in [5.41, 5.74) is -0.665. The zero-order chi connectivity index (χ0) is 14.4. The monoisotopic (exact) mass is 293 g/mol. The van der Waals surface area contributed by atoms with E-state index in [2.05, 4.69) is 17.4 Å². The van der Waals surface area contributed by atoms with Gasteiger partial charge in [-0.05, 0) is 25.0 Å². The number of hydrogen-bond acceptors (Lipinski definition) is 3. The lowest BCUT2D eigenvalue weighted by atomic mass is 10.0. The van der Waals surface area contributed by atoms with E-state index in [4.69, 9.17) is 0 Å². The van der Waals surface area contributed by atoms with Gasteiger partial charge in [0.25, 0.3) is 0 Å². The summed E-state index contributed by atoms with van der Waals surface area (Å²) in [6, 6.07) is 10.1. The molecule has 1 aliphatic carbocycles. The first-order valence-electron chi connectivity index (χ1n) is 7.27. The van der Waals surface area contributed by atoms with Crippen LogP contribution >= 0.6 is 11.8 Å². The van der Waals surface area contributed by atoms with Gasteiger partial charge in [-0.25, -0.2) is 0 Å². The summed E-state index contributed by atoms with van der Waals surface area (Å²) >= 11 is 1.69. The van der Waals surface area contributed by atoms with Crippen molar-refractivity contribution in [2.24, 2.45) is 5.92 Å². The Morgan fingerprint density at radius 2 is 2.00 bits per heavy atom. The summed E-state index contributed by atoms with van der Waals surface area (Å²) in [7, 11) is 0. The van der Waals surface area contributed by atoms with Gasteiger partial charge in [0.1, 0.15) is 0 Å². The topological polar surface area (TPSA) is 49.3 Å². The largest absolute Gasteiger partial charge is 0.388 e. The molecule has 2 rings (SSSR count). The minimum atomic E-state index is -0.665. The van der Waals surface area contributed by atoms with Crippen LogP contribution in [0.3, 0.4) is 0 Å². The van der Waals surface area contributed by atoms with Crippen molar-refractivity contribution in [3.05, 3.63) is 30.3 Å². The highest BCUT2D eigenvalue weighted by Crippen LogP contribution is 2.28. The van der Waals surface area contributed by atoms with Crippen LogP contribution in [0.25, 0.3) is 0 Å². The van der Waals surface area contributed by atoms with Crippen LogP contribution in [-0.2, 0) is 4.79 Å². The maximum Gasteiger partial charge on any atom is 0.223 e. The quantitative estimate of drug-likeness (QED) is 0.793. The van der Waals surface area contributed by atoms with Crippen LogP contribution in [0.2, 0.25) is 0 Å². The van der Waals surface area contributed by atoms with E-state index in [0.29, 0.717) is 6.54 Å². The summed E-state index contributed by atoms with van der Waals surface area (Å²) in [4.78, 5) is 13.2. The fourth-order valence-corrected chi connectivity index (χ4v) is 3.39. The van der Waals surface area contributed by atoms with Crippen LogP contribution in [0.15, 0.2) is 35.2 Å². The van der Waals surface area contributed by atoms with Crippen molar-refractivity contribution in [3.8, 4) is 0 Å². The molecule has 0 radical (unpaired) electrons. The molecule has 1 aliphatic rings. The molecule has 110 valence electrons. The summed E-state index contributed by atoms with van der Waals surface area (Å²) in [6.07, 6.45) is 3.73. The molecule has 1 aromatic carbocycles. The SMILES string of the molecule is CC(CSc1ccccc1)C(=O)NCC1(O)CCCC1. The molecular weight excluding hydrogens is 270 g/mol. The zero-order valence-electron chi connectivity index (χ0n) is 12.0. The normalized spacial score (nSPS) is 18.7. The van der Waals surface area contributed by atoms with Crippen molar-refractivity contribution in [1.82, 2.24) is 5.32 Å². The van der Waals surface area contributed by atoms with Crippen molar-refractivity contribution in [3.63, 3.8) is 0 Å². The molecule has 1 fully saturated rings. The van der Waals surface area contributed by atoms with E-state index < -0.39 is 5.60 Å². The number of rotatable bonds is 6. The molecule has 0 aliphatic heterocycles. The standard InChI is InChI=1S/C16H23NO2S/c1-13(11-20-14-7-3-2-4-8-14)15(18)17-12-16(19)9-5-6-10-16/h2-4,7-8,13,19H,5-6,9-12H2,1H3,(H,17,18). The molecule has 0 heterocycles. The van der Waals surface area contributed by atoms with Gasteiger partial charge in [0.2, 0.25) is 5.91 Å². The van der Waals surface area contributed by atoms with Gasteiger partial charge in [-0.2, -0.15) is 0 Å². The van der Waals surface area contributed by atoms with Gasteiger partial charge in [0.15, 0.2) is 0 Å². The van der Waals surface area contributed by atoms with E-state index >= 15 is 0 Å². The minimum Gasteiger partial charge on any atom is -0.388 e. The van der Waals surface area contributed by atoms with Crippen molar-refractivity contribution in [1.29, 1.82) is 0 Å². The molecule has 3 nitrogen and oxygen atoms in total. The Bertz CT molecular complexity index is 429. The van der Waals surface area contributed by atoms with Gasteiger partial charge in [-0.3, -0.25) is 4.79 Å². The van der Waals surface area contributed by atoms with E-state index in [1.54, 1.807) is 11.8 Å². The first kappa shape index (κ1) is 15.4. The highest BCUT2D eigenvalue weighted by Gasteiger charge is 2.31. The van der Waals surface area contributed by atoms with Gasteiger partial charge in [-0.15, -0.1) is 11.8 Å². The predicted octanol–water partition coefficient (Wildman–Crippen LogP) is 2.84. The Labute approximate surface area is 125 Å². The summed E-state index contributed by atoms with van der Waals surface area (Å²) < 4.78 is 0. The molecule has 1 atom stereocenters. The zero-order valence-corrected chi connectivity index (χ0v) is 12.8. The van der Waals surface area contributed by atoms with Gasteiger partial charge in [0, 0.05) is 23.1 Å². The number of thioether (sulfide) groups is 1. The lowest BCUT2D eigenvalue weighted by Gasteiger charge is -2.23. The van der Waals surface area contributed by atoms with E-state index in [1.807, 2.05) is 25.1 Å². The van der Waals surface area contributed by atoms with E-state index in [1.165, 1.54) is 4.90 Å². The smallest absolute Gasteiger partial charge is 0.223 e. The van der Waals surface area contributed by atoms with E-state index in [-0.39, 0.29) is 11.8 Å². The second-order valence-electron chi connectivity index (χ2n) is 5.67. The molecule has 0 saturated heterocycles. The number of carbonyl (C=O) groups excluding carboxylic acids is 1. The van der Waals surface area contributed by atoms with Crippen molar-refractivity contribution in [2.75, 3.05) is 12.3 Å². The van der Waals surface area contributed by atoms with Gasteiger partial charge in [0.05, 0.1) is 5.60 Å². The van der Waals surface area contributed by atoms with Crippen molar-refractivity contribution in [2.45, 2.75) is 43.1 Å². The third kappa shape index (κ3) is 4.53. The summed E-state index contributed by atoms with van der Waals surface area (Å²) in [6.45, 7) is 2.33. The second-order valence-corrected chi connectivity index (χ2v) is 6.77. The average molecular weight is 293 g/mol. The molecule has 0 spiro atoms. The number of amides is 1. The third-order valence-electron chi connectivity index (χ3n) is 3.82. The first-order chi connectivity index (χ1) is 9.59. The van der Waals surface area contributed by atoms with Gasteiger partial charge >= 0.3 is 0 Å². The molecule has 20 heavy (non-hydrogen) atoms. The molecule has 1 aromatic rings. The Morgan fingerprint density at radius 3 is 2.65 bits per heavy atom. The highest BCUT2D eigenvalue weighted by molar-refractivity contribution is 7.99. The van der Waals surface area contributed by atoms with Crippen LogP contribution in [0.5, 0.6) is 0 Å². The minimum absolute atomic E-state index is 0.0359. The molecule has 0 aromatic heterocycles. The number of benzene rings is 1. The predicted molar refractivity (Wildman–Crippen MR) is 82.8 cm³/mol. The third-order valence-corrected chi connectivity index (χ3v) is 5.09. The number of hydrogen-bond donors (Lipinski definition) is 2. The Morgan fingerprint density at radius 1 is 1.35 bits per heavy atom. The molecule has 1 amide bonds. The number of carbonyl (C=O) groups is 1. The molecule has 2 N–H and O–H groups in total. The first-order valence-corrected chi connectivity index (χ1v) is 8.26. The summed E-state index contributed by atoms with van der Waals surface area (Å²) in [5.74, 6) is 0.743. The lowest BCUT2D eigenvalue weighted by Crippen LogP contribution is -2.42. The fraction of sp³-hybridized carbons (Fsp3) is 0.562. The van der Waals surface area contributed by atoms with Crippen molar-refractivity contribution < 1.29 is 9.90 Å². The maximum atomic E-state index is 12.0. The van der Waals surface area contributed by atoms with Crippen LogP contribution < -0.4 is 5.32 Å². The van der Waals surface area contributed by atoms with Crippen LogP contribution in [-0.4, -0.2) is 28.9 Å². The fourth-order valence-electron chi connectivity index (χ4n) is 2.45. The van der Waals surface area contributed by atoms with Gasteiger partial charge in [-0.1, -0.05) is 38.0 Å². The number of aliphatic hydroxyl groups is 1. The van der Waals surface area contributed by atoms with Crippen LogP contribution in [0.4, 0.5) is 0 Å². The second kappa shape index (κ2) is 7.14. The molecule has 0 bridgehead atoms. The highest BCUT2D eigenvalue weighted by atomic mass is 32.2. The lowest BCUT2D eigenvalue weighted by molar-refractivity contribution is -0.125. The van der Waals surface area contributed by atoms with Gasteiger partial charge < -0.3 is 10.4 Å². The van der Waals surface area contributed by atoms with Crippen LogP contribution in [0.1, 0.15) is 32.6 Å². The van der Waals surface area contributed by atoms with E-state index in [0.717, 1.165) is 31.4 Å². The molecule has 4 heteroatoms.